The molecule has 0 aliphatic carbocycles. The fourth-order valence-corrected chi connectivity index (χ4v) is 2.67. The minimum absolute atomic E-state index is 0.0339. The number of halogens is 2. The zero-order valence-electron chi connectivity index (χ0n) is 15.5. The van der Waals surface area contributed by atoms with Crippen LogP contribution in [0.2, 0.25) is 10.0 Å². The maximum Gasteiger partial charge on any atom is 0.244 e. The molecule has 2 aromatic rings. The van der Waals surface area contributed by atoms with Crippen LogP contribution in [-0.4, -0.2) is 24.8 Å². The van der Waals surface area contributed by atoms with Crippen LogP contribution < -0.4 is 14.9 Å². The van der Waals surface area contributed by atoms with Gasteiger partial charge in [-0.05, 0) is 56.2 Å². The summed E-state index contributed by atoms with van der Waals surface area (Å²) in [4.78, 5) is 12.0. The van der Waals surface area contributed by atoms with E-state index in [1.54, 1.807) is 36.4 Å². The molecule has 1 N–H and O–H groups in total. The zero-order chi connectivity index (χ0) is 19.8. The Bertz CT molecular complexity index is 806. The monoisotopic (exact) mass is 408 g/mol. The molecule has 0 aliphatic rings. The maximum absolute atomic E-state index is 12.0. The van der Waals surface area contributed by atoms with Crippen molar-refractivity contribution in [2.24, 2.45) is 5.10 Å². The number of amides is 1. The summed E-state index contributed by atoms with van der Waals surface area (Å²) in [5.74, 6) is 0.801. The molecule has 0 spiro atoms. The van der Waals surface area contributed by atoms with E-state index < -0.39 is 0 Å². The van der Waals surface area contributed by atoms with Crippen LogP contribution >= 0.6 is 23.2 Å². The molecule has 27 heavy (non-hydrogen) atoms. The molecule has 0 heterocycles. The molecular weight excluding hydrogens is 387 g/mol. The Morgan fingerprint density at radius 2 is 1.93 bits per heavy atom. The molecule has 1 amide bonds. The first kappa shape index (κ1) is 21.1. The van der Waals surface area contributed by atoms with E-state index in [4.69, 9.17) is 32.7 Å². The Labute approximate surface area is 169 Å². The lowest BCUT2D eigenvalue weighted by Crippen LogP contribution is -2.19. The van der Waals surface area contributed by atoms with Gasteiger partial charge in [-0.3, -0.25) is 4.79 Å². The molecule has 0 aromatic heterocycles. The molecule has 2 rings (SSSR count). The number of hydrazone groups is 1. The van der Waals surface area contributed by atoms with Crippen molar-refractivity contribution >= 4 is 35.3 Å². The van der Waals surface area contributed by atoms with Crippen LogP contribution in [-0.2, 0) is 11.2 Å². The molecule has 7 heteroatoms. The molecule has 0 unspecified atom stereocenters. The molecule has 0 aliphatic heterocycles. The highest BCUT2D eigenvalue weighted by molar-refractivity contribution is 6.32. The highest BCUT2D eigenvalue weighted by Crippen LogP contribution is 2.37. The molecule has 0 radical (unpaired) electrons. The predicted octanol–water partition coefficient (Wildman–Crippen LogP) is 4.87. The molecule has 5 nitrogen and oxygen atoms in total. The Kier molecular flexibility index (Phi) is 7.95. The van der Waals surface area contributed by atoms with Crippen LogP contribution in [0.5, 0.6) is 11.5 Å². The summed E-state index contributed by atoms with van der Waals surface area (Å²) in [7, 11) is 0. The van der Waals surface area contributed by atoms with Gasteiger partial charge in [0.1, 0.15) is 0 Å². The quantitative estimate of drug-likeness (QED) is 0.500. The van der Waals surface area contributed by atoms with E-state index in [0.29, 0.717) is 33.7 Å². The number of nitrogens with one attached hydrogen (secondary N) is 1. The summed E-state index contributed by atoms with van der Waals surface area (Å²) in [6.07, 6.45) is 1.68. The Hall–Kier alpha value is -2.24. The van der Waals surface area contributed by atoms with Crippen molar-refractivity contribution in [2.75, 3.05) is 6.61 Å². The van der Waals surface area contributed by atoms with E-state index in [1.165, 1.54) is 6.21 Å². The molecule has 0 fully saturated rings. The number of nitrogens with zero attached hydrogens (tertiary/aromatic N) is 1. The number of hydrogen-bond donors (Lipinski definition) is 1. The van der Waals surface area contributed by atoms with Crippen LogP contribution in [0.4, 0.5) is 0 Å². The first-order chi connectivity index (χ1) is 12.9. The van der Waals surface area contributed by atoms with E-state index in [9.17, 15) is 4.79 Å². The summed E-state index contributed by atoms with van der Waals surface area (Å²) in [6.45, 7) is 6.18. The fourth-order valence-electron chi connectivity index (χ4n) is 2.28. The highest BCUT2D eigenvalue weighted by Gasteiger charge is 2.13. The second kappa shape index (κ2) is 10.2. The second-order valence-corrected chi connectivity index (χ2v) is 6.87. The van der Waals surface area contributed by atoms with Gasteiger partial charge in [-0.1, -0.05) is 35.3 Å². The number of carbonyl (C=O) groups is 1. The molecular formula is C20H22Cl2N2O3. The van der Waals surface area contributed by atoms with Crippen LogP contribution in [0.3, 0.4) is 0 Å². The number of carbonyl (C=O) groups excluding carboxylic acids is 1. The minimum Gasteiger partial charge on any atom is -0.490 e. The van der Waals surface area contributed by atoms with E-state index in [-0.39, 0.29) is 18.4 Å². The van der Waals surface area contributed by atoms with Crippen molar-refractivity contribution < 1.29 is 14.3 Å². The SMILES string of the molecule is CCOc1cc(/C=N\NC(=O)Cc2ccc(Cl)cc2)cc(Cl)c1OC(C)C. The van der Waals surface area contributed by atoms with Crippen LogP contribution in [0.15, 0.2) is 41.5 Å². The van der Waals surface area contributed by atoms with Crippen LogP contribution in [0, 0.1) is 0 Å². The lowest BCUT2D eigenvalue weighted by atomic mass is 10.1. The molecule has 2 aromatic carbocycles. The highest BCUT2D eigenvalue weighted by atomic mass is 35.5. The lowest BCUT2D eigenvalue weighted by molar-refractivity contribution is -0.120. The second-order valence-electron chi connectivity index (χ2n) is 6.03. The molecule has 0 atom stereocenters. The zero-order valence-corrected chi connectivity index (χ0v) is 17.0. The van der Waals surface area contributed by atoms with Gasteiger partial charge in [-0.2, -0.15) is 5.10 Å². The topological polar surface area (TPSA) is 59.9 Å². The smallest absolute Gasteiger partial charge is 0.244 e. The first-order valence-corrected chi connectivity index (χ1v) is 9.34. The van der Waals surface area contributed by atoms with Crippen molar-refractivity contribution in [3.8, 4) is 11.5 Å². The van der Waals surface area contributed by atoms with Gasteiger partial charge in [0.05, 0.1) is 30.4 Å². The molecule has 144 valence electrons. The average Bonchev–Trinajstić information content (AvgIpc) is 2.60. The summed E-state index contributed by atoms with van der Waals surface area (Å²) >= 11 is 12.1. The summed E-state index contributed by atoms with van der Waals surface area (Å²) < 4.78 is 11.3. The number of ether oxygens (including phenoxy) is 2. The molecule has 0 bridgehead atoms. The Balaban J connectivity index is 2.04. The van der Waals surface area contributed by atoms with Crippen molar-refractivity contribution in [3.05, 3.63) is 57.6 Å². The Morgan fingerprint density at radius 1 is 1.22 bits per heavy atom. The summed E-state index contributed by atoms with van der Waals surface area (Å²) in [5, 5.41) is 5.03. The summed E-state index contributed by atoms with van der Waals surface area (Å²) in [5.41, 5.74) is 4.03. The van der Waals surface area contributed by atoms with Crippen LogP contribution in [0.1, 0.15) is 31.9 Å². The molecule has 0 saturated carbocycles. The lowest BCUT2D eigenvalue weighted by Gasteiger charge is -2.16. The third-order valence-corrected chi connectivity index (χ3v) is 3.90. The number of benzene rings is 2. The van der Waals surface area contributed by atoms with E-state index in [0.717, 1.165) is 5.56 Å². The maximum atomic E-state index is 12.0. The van der Waals surface area contributed by atoms with Gasteiger partial charge < -0.3 is 9.47 Å². The van der Waals surface area contributed by atoms with Crippen molar-refractivity contribution in [1.29, 1.82) is 0 Å². The largest absolute Gasteiger partial charge is 0.490 e. The van der Waals surface area contributed by atoms with Gasteiger partial charge in [0, 0.05) is 5.02 Å². The van der Waals surface area contributed by atoms with Gasteiger partial charge in [-0.15, -0.1) is 0 Å². The van der Waals surface area contributed by atoms with Crippen molar-refractivity contribution in [2.45, 2.75) is 33.3 Å². The van der Waals surface area contributed by atoms with Gasteiger partial charge in [0.2, 0.25) is 5.91 Å². The Morgan fingerprint density at radius 3 is 2.56 bits per heavy atom. The molecule has 0 saturated heterocycles. The third kappa shape index (κ3) is 6.77. The standard InChI is InChI=1S/C20H22Cl2N2O3/c1-4-26-18-10-15(9-17(22)20(18)27-13(2)3)12-23-24-19(25)11-14-5-7-16(21)8-6-14/h5-10,12-13H,4,11H2,1-3H3,(H,24,25)/b23-12-. The van der Waals surface area contributed by atoms with Crippen LogP contribution in [0.25, 0.3) is 0 Å². The van der Waals surface area contributed by atoms with E-state index in [2.05, 4.69) is 10.5 Å². The van der Waals surface area contributed by atoms with Gasteiger partial charge in [-0.25, -0.2) is 5.43 Å². The van der Waals surface area contributed by atoms with Crippen molar-refractivity contribution in [1.82, 2.24) is 5.43 Å². The minimum atomic E-state index is -0.232. The predicted molar refractivity (Wildman–Crippen MR) is 109 cm³/mol. The average molecular weight is 409 g/mol. The van der Waals surface area contributed by atoms with E-state index >= 15 is 0 Å². The van der Waals surface area contributed by atoms with Gasteiger partial charge in [0.15, 0.2) is 11.5 Å². The van der Waals surface area contributed by atoms with Gasteiger partial charge in [0.25, 0.3) is 0 Å². The third-order valence-electron chi connectivity index (χ3n) is 3.37. The number of rotatable bonds is 8. The fraction of sp³-hybridized carbons (Fsp3) is 0.300. The van der Waals surface area contributed by atoms with E-state index in [1.807, 2.05) is 20.8 Å². The van der Waals surface area contributed by atoms with Crippen molar-refractivity contribution in [3.63, 3.8) is 0 Å². The first-order valence-electron chi connectivity index (χ1n) is 8.58. The number of hydrogen-bond acceptors (Lipinski definition) is 4. The normalized spacial score (nSPS) is 11.0. The summed E-state index contributed by atoms with van der Waals surface area (Å²) in [6, 6.07) is 10.6. The van der Waals surface area contributed by atoms with Gasteiger partial charge >= 0.3 is 0 Å².